The van der Waals surface area contributed by atoms with Crippen LogP contribution < -0.4 is 9.46 Å². The van der Waals surface area contributed by atoms with Crippen LogP contribution in [0.3, 0.4) is 0 Å². The Morgan fingerprint density at radius 3 is 2.60 bits per heavy atom. The van der Waals surface area contributed by atoms with Gasteiger partial charge in [-0.2, -0.15) is 0 Å². The normalized spacial score (nSPS) is 13.5. The molecule has 4 nitrogen and oxygen atoms in total. The average Bonchev–Trinajstić information content (AvgIpc) is 2.15. The zero-order valence-corrected chi connectivity index (χ0v) is 9.84. The van der Waals surface area contributed by atoms with E-state index in [4.69, 9.17) is 4.74 Å². The summed E-state index contributed by atoms with van der Waals surface area (Å²) >= 11 is 0. The molecule has 1 rings (SSSR count). The quantitative estimate of drug-likeness (QED) is 0.846. The molecule has 0 amide bonds. The number of ether oxygens (including phenoxy) is 1. The zero-order chi connectivity index (χ0) is 11.5. The van der Waals surface area contributed by atoms with Crippen molar-refractivity contribution in [2.75, 3.05) is 13.4 Å². The standard InChI is InChI=1S/C10H15NO3S/c1-8(11-15(3,12)13)9-5-4-6-10(7-9)14-2/h4-8,11H,1-3H3/t8-/m0/s1. The largest absolute Gasteiger partial charge is 0.497 e. The van der Waals surface area contributed by atoms with E-state index in [0.717, 1.165) is 17.6 Å². The van der Waals surface area contributed by atoms with Gasteiger partial charge < -0.3 is 4.74 Å². The van der Waals surface area contributed by atoms with Gasteiger partial charge in [0.25, 0.3) is 0 Å². The van der Waals surface area contributed by atoms with Crippen molar-refractivity contribution < 1.29 is 13.2 Å². The van der Waals surface area contributed by atoms with E-state index in [1.165, 1.54) is 0 Å². The molecule has 0 bridgehead atoms. The Labute approximate surface area is 90.3 Å². The monoisotopic (exact) mass is 229 g/mol. The average molecular weight is 229 g/mol. The van der Waals surface area contributed by atoms with Crippen LogP contribution in [0.4, 0.5) is 0 Å². The van der Waals surface area contributed by atoms with Gasteiger partial charge in [-0.3, -0.25) is 0 Å². The lowest BCUT2D eigenvalue weighted by Gasteiger charge is -2.13. The molecule has 0 unspecified atom stereocenters. The number of benzene rings is 1. The first kappa shape index (κ1) is 12.0. The number of sulfonamides is 1. The van der Waals surface area contributed by atoms with E-state index in [2.05, 4.69) is 4.72 Å². The maximum absolute atomic E-state index is 11.0. The molecule has 0 aromatic heterocycles. The van der Waals surface area contributed by atoms with Gasteiger partial charge in [0.05, 0.1) is 13.4 Å². The van der Waals surface area contributed by atoms with E-state index in [-0.39, 0.29) is 6.04 Å². The molecular weight excluding hydrogens is 214 g/mol. The highest BCUT2D eigenvalue weighted by Gasteiger charge is 2.10. The van der Waals surface area contributed by atoms with Gasteiger partial charge in [-0.05, 0) is 24.6 Å². The smallest absolute Gasteiger partial charge is 0.209 e. The molecule has 0 aliphatic carbocycles. The summed E-state index contributed by atoms with van der Waals surface area (Å²) in [5, 5.41) is 0. The molecule has 1 atom stereocenters. The molecule has 15 heavy (non-hydrogen) atoms. The SMILES string of the molecule is COc1cccc([C@H](C)NS(C)(=O)=O)c1. The summed E-state index contributed by atoms with van der Waals surface area (Å²) in [7, 11) is -1.60. The minimum Gasteiger partial charge on any atom is -0.497 e. The third kappa shape index (κ3) is 3.89. The van der Waals surface area contributed by atoms with Crippen molar-refractivity contribution in [2.24, 2.45) is 0 Å². The summed E-state index contributed by atoms with van der Waals surface area (Å²) in [6.45, 7) is 1.79. The van der Waals surface area contributed by atoms with Gasteiger partial charge >= 0.3 is 0 Å². The molecule has 0 heterocycles. The molecule has 0 saturated carbocycles. The molecule has 1 N–H and O–H groups in total. The van der Waals surface area contributed by atoms with Crippen LogP contribution in [0, 0.1) is 0 Å². The summed E-state index contributed by atoms with van der Waals surface area (Å²) in [6, 6.07) is 7.05. The molecule has 0 spiro atoms. The van der Waals surface area contributed by atoms with Crippen LogP contribution in [0.25, 0.3) is 0 Å². The number of nitrogens with one attached hydrogen (secondary N) is 1. The van der Waals surface area contributed by atoms with Crippen LogP contribution >= 0.6 is 0 Å². The van der Waals surface area contributed by atoms with Gasteiger partial charge in [0, 0.05) is 6.04 Å². The van der Waals surface area contributed by atoms with Gasteiger partial charge in [0.2, 0.25) is 10.0 Å². The van der Waals surface area contributed by atoms with Crippen molar-refractivity contribution in [2.45, 2.75) is 13.0 Å². The van der Waals surface area contributed by atoms with E-state index in [1.807, 2.05) is 24.3 Å². The summed E-state index contributed by atoms with van der Waals surface area (Å²) in [4.78, 5) is 0. The van der Waals surface area contributed by atoms with Crippen molar-refractivity contribution in [3.63, 3.8) is 0 Å². The zero-order valence-electron chi connectivity index (χ0n) is 9.02. The Balaban J connectivity index is 2.86. The van der Waals surface area contributed by atoms with Gasteiger partial charge in [-0.1, -0.05) is 12.1 Å². The summed E-state index contributed by atoms with van der Waals surface area (Å²) in [5.41, 5.74) is 0.875. The molecular formula is C10H15NO3S. The van der Waals surface area contributed by atoms with Crippen LogP contribution in [0.2, 0.25) is 0 Å². The predicted octanol–water partition coefficient (Wildman–Crippen LogP) is 1.31. The van der Waals surface area contributed by atoms with Crippen LogP contribution in [0.15, 0.2) is 24.3 Å². The fourth-order valence-electron chi connectivity index (χ4n) is 1.30. The van der Waals surface area contributed by atoms with Gasteiger partial charge in [0.1, 0.15) is 5.75 Å². The highest BCUT2D eigenvalue weighted by Crippen LogP contribution is 2.18. The van der Waals surface area contributed by atoms with Crippen molar-refractivity contribution in [3.8, 4) is 5.75 Å². The molecule has 0 aliphatic rings. The van der Waals surface area contributed by atoms with Crippen molar-refractivity contribution in [3.05, 3.63) is 29.8 Å². The first-order valence-electron chi connectivity index (χ1n) is 4.53. The first-order chi connectivity index (χ1) is 6.92. The predicted molar refractivity (Wildman–Crippen MR) is 59.4 cm³/mol. The Kier molecular flexibility index (Phi) is 3.71. The van der Waals surface area contributed by atoms with Gasteiger partial charge in [0.15, 0.2) is 0 Å². The highest BCUT2D eigenvalue weighted by atomic mass is 32.2. The Hall–Kier alpha value is -1.07. The van der Waals surface area contributed by atoms with Crippen LogP contribution in [-0.4, -0.2) is 21.8 Å². The molecule has 0 aliphatic heterocycles. The van der Waals surface area contributed by atoms with Crippen LogP contribution in [0.5, 0.6) is 5.75 Å². The molecule has 0 saturated heterocycles. The third-order valence-corrected chi connectivity index (χ3v) is 2.77. The van der Waals surface area contributed by atoms with Crippen molar-refractivity contribution in [1.29, 1.82) is 0 Å². The topological polar surface area (TPSA) is 55.4 Å². The second-order valence-electron chi connectivity index (χ2n) is 3.39. The Morgan fingerprint density at radius 2 is 2.07 bits per heavy atom. The first-order valence-corrected chi connectivity index (χ1v) is 6.43. The number of hydrogen-bond donors (Lipinski definition) is 1. The van der Waals surface area contributed by atoms with E-state index in [0.29, 0.717) is 0 Å². The summed E-state index contributed by atoms with van der Waals surface area (Å²) < 4.78 is 29.6. The second kappa shape index (κ2) is 4.63. The molecule has 84 valence electrons. The van der Waals surface area contributed by atoms with E-state index in [9.17, 15) is 8.42 Å². The van der Waals surface area contributed by atoms with E-state index >= 15 is 0 Å². The fraction of sp³-hybridized carbons (Fsp3) is 0.400. The summed E-state index contributed by atoms with van der Waals surface area (Å²) in [6.07, 6.45) is 1.14. The second-order valence-corrected chi connectivity index (χ2v) is 5.17. The summed E-state index contributed by atoms with van der Waals surface area (Å²) in [5.74, 6) is 0.717. The van der Waals surface area contributed by atoms with Crippen LogP contribution in [0.1, 0.15) is 18.5 Å². The molecule has 0 fully saturated rings. The molecule has 5 heteroatoms. The van der Waals surface area contributed by atoms with E-state index in [1.54, 1.807) is 14.0 Å². The maximum Gasteiger partial charge on any atom is 0.209 e. The van der Waals surface area contributed by atoms with Gasteiger partial charge in [-0.15, -0.1) is 0 Å². The van der Waals surface area contributed by atoms with Crippen molar-refractivity contribution >= 4 is 10.0 Å². The third-order valence-electron chi connectivity index (χ3n) is 1.98. The lowest BCUT2D eigenvalue weighted by Crippen LogP contribution is -2.25. The molecule has 0 radical (unpaired) electrons. The fourth-order valence-corrected chi connectivity index (χ4v) is 2.08. The Morgan fingerprint density at radius 1 is 1.40 bits per heavy atom. The number of rotatable bonds is 4. The highest BCUT2D eigenvalue weighted by molar-refractivity contribution is 7.88. The van der Waals surface area contributed by atoms with E-state index < -0.39 is 10.0 Å². The number of hydrogen-bond acceptors (Lipinski definition) is 3. The minimum absolute atomic E-state index is 0.255. The minimum atomic E-state index is -3.18. The Bertz CT molecular complexity index is 428. The van der Waals surface area contributed by atoms with Crippen molar-refractivity contribution in [1.82, 2.24) is 4.72 Å². The molecule has 1 aromatic carbocycles. The van der Waals surface area contributed by atoms with Crippen LogP contribution in [-0.2, 0) is 10.0 Å². The number of methoxy groups -OCH3 is 1. The lowest BCUT2D eigenvalue weighted by molar-refractivity contribution is 0.413. The maximum atomic E-state index is 11.0. The molecule has 1 aromatic rings. The van der Waals surface area contributed by atoms with Gasteiger partial charge in [-0.25, -0.2) is 13.1 Å². The lowest BCUT2D eigenvalue weighted by atomic mass is 10.1.